The predicted molar refractivity (Wildman–Crippen MR) is 165 cm³/mol. The first-order chi connectivity index (χ1) is 21.7. The Balaban J connectivity index is 1.45. The van der Waals surface area contributed by atoms with Gasteiger partial charge in [0.05, 0.1) is 30.7 Å². The van der Waals surface area contributed by atoms with E-state index >= 15 is 8.78 Å². The van der Waals surface area contributed by atoms with Crippen LogP contribution in [0.4, 0.5) is 13.6 Å². The highest BCUT2D eigenvalue weighted by molar-refractivity contribution is 5.89. The monoisotopic (exact) mass is 642 g/mol. The molecular formula is C34H44F2N4O6. The number of rotatable bonds is 3. The summed E-state index contributed by atoms with van der Waals surface area (Å²) >= 11 is 0. The van der Waals surface area contributed by atoms with Gasteiger partial charge >= 0.3 is 12.0 Å². The van der Waals surface area contributed by atoms with Crippen molar-refractivity contribution in [1.29, 1.82) is 0 Å². The molecule has 3 heterocycles. The summed E-state index contributed by atoms with van der Waals surface area (Å²) in [4.78, 5) is 50.3. The maximum atomic E-state index is 16.8. The quantitative estimate of drug-likeness (QED) is 0.418. The summed E-state index contributed by atoms with van der Waals surface area (Å²) in [5, 5.41) is 2.79. The molecule has 6 atom stereocenters. The fourth-order valence-electron chi connectivity index (χ4n) is 7.46. The molecule has 10 nitrogen and oxygen atoms in total. The van der Waals surface area contributed by atoms with Crippen molar-refractivity contribution in [3.8, 4) is 11.6 Å². The number of fused-ring (bicyclic) bond motifs is 5. The van der Waals surface area contributed by atoms with Crippen LogP contribution in [-0.4, -0.2) is 70.6 Å². The number of methoxy groups -OCH3 is 1. The van der Waals surface area contributed by atoms with E-state index in [2.05, 4.69) is 15.3 Å². The molecule has 12 heteroatoms. The van der Waals surface area contributed by atoms with Gasteiger partial charge in [0, 0.05) is 23.3 Å². The number of ether oxygens (including phenoxy) is 3. The molecule has 2 saturated carbocycles. The molecule has 4 aliphatic rings. The topological polar surface area (TPSA) is 120 Å². The number of nitrogens with zero attached hydrogens (tertiary/aromatic N) is 3. The SMILES string of the molecule is CC[C@@H]1[C@@H]2CN(C(=O)[C@H](C(C)(C)C)NC(=O)O[C@]3(C)C[C@H]3CCCC3(CC3)C(F)(F)c3nc4ccc(OC)cc4nc3O2)[C@@H]1C=O. The van der Waals surface area contributed by atoms with Crippen LogP contribution < -0.4 is 14.8 Å². The van der Waals surface area contributed by atoms with Crippen molar-refractivity contribution in [1.82, 2.24) is 20.2 Å². The second-order valence-corrected chi connectivity index (χ2v) is 14.9. The van der Waals surface area contributed by atoms with Crippen LogP contribution in [0.2, 0.25) is 0 Å². The van der Waals surface area contributed by atoms with E-state index in [9.17, 15) is 14.4 Å². The molecule has 250 valence electrons. The van der Waals surface area contributed by atoms with Crippen molar-refractivity contribution in [3.63, 3.8) is 0 Å². The second kappa shape index (κ2) is 11.3. The highest BCUT2D eigenvalue weighted by atomic mass is 19.3. The van der Waals surface area contributed by atoms with Crippen LogP contribution in [0, 0.1) is 22.7 Å². The Kier molecular flexibility index (Phi) is 7.95. The summed E-state index contributed by atoms with van der Waals surface area (Å²) in [6.07, 6.45) is 2.33. The average Bonchev–Trinajstić information content (AvgIpc) is 3.89. The van der Waals surface area contributed by atoms with Crippen LogP contribution in [0.3, 0.4) is 0 Å². The van der Waals surface area contributed by atoms with Crippen LogP contribution >= 0.6 is 0 Å². The lowest BCUT2D eigenvalue weighted by Crippen LogP contribution is -2.56. The van der Waals surface area contributed by atoms with E-state index in [1.54, 1.807) is 18.2 Å². The van der Waals surface area contributed by atoms with Crippen LogP contribution in [0.25, 0.3) is 11.0 Å². The zero-order valence-electron chi connectivity index (χ0n) is 27.4. The fourth-order valence-corrected chi connectivity index (χ4v) is 7.46. The number of alkyl carbamates (subject to hydrolysis) is 1. The number of halogens is 2. The van der Waals surface area contributed by atoms with Gasteiger partial charge in [-0.3, -0.25) is 4.79 Å². The maximum absolute atomic E-state index is 16.8. The lowest BCUT2D eigenvalue weighted by Gasteiger charge is -2.35. The van der Waals surface area contributed by atoms with Gasteiger partial charge < -0.3 is 29.2 Å². The van der Waals surface area contributed by atoms with Crippen molar-refractivity contribution in [2.45, 2.75) is 109 Å². The zero-order chi connectivity index (χ0) is 33.2. The third-order valence-corrected chi connectivity index (χ3v) is 10.7. The normalized spacial score (nSPS) is 32.3. The molecule has 2 bridgehead atoms. The summed E-state index contributed by atoms with van der Waals surface area (Å²) in [6.45, 7) is 9.10. The molecule has 2 aliphatic carbocycles. The first kappa shape index (κ1) is 32.4. The van der Waals surface area contributed by atoms with Gasteiger partial charge in [0.1, 0.15) is 29.8 Å². The third-order valence-electron chi connectivity index (χ3n) is 10.7. The molecule has 0 radical (unpaired) electrons. The van der Waals surface area contributed by atoms with Crippen molar-refractivity contribution in [2.24, 2.45) is 22.7 Å². The number of aldehydes is 1. The molecule has 2 amide bonds. The van der Waals surface area contributed by atoms with E-state index < -0.39 is 64.2 Å². The fraction of sp³-hybridized carbons (Fsp3) is 0.676. The summed E-state index contributed by atoms with van der Waals surface area (Å²) < 4.78 is 51.1. The minimum absolute atomic E-state index is 0.0313. The average molecular weight is 643 g/mol. The summed E-state index contributed by atoms with van der Waals surface area (Å²) in [5.41, 5.74) is -2.66. The Labute approximate surface area is 267 Å². The van der Waals surface area contributed by atoms with E-state index in [4.69, 9.17) is 14.2 Å². The van der Waals surface area contributed by atoms with Gasteiger partial charge in [0.25, 0.3) is 0 Å². The zero-order valence-corrected chi connectivity index (χ0v) is 27.4. The lowest BCUT2D eigenvalue weighted by atomic mass is 9.85. The first-order valence-corrected chi connectivity index (χ1v) is 16.3. The predicted octanol–water partition coefficient (Wildman–Crippen LogP) is 5.80. The van der Waals surface area contributed by atoms with E-state index in [1.165, 1.54) is 12.0 Å². The second-order valence-electron chi connectivity index (χ2n) is 14.9. The molecule has 3 fully saturated rings. The maximum Gasteiger partial charge on any atom is 0.408 e. The number of hydrogen-bond acceptors (Lipinski definition) is 8. The largest absolute Gasteiger partial charge is 0.497 e. The minimum Gasteiger partial charge on any atom is -0.497 e. The Bertz CT molecular complexity index is 1540. The number of nitrogens with one attached hydrogen (secondary N) is 1. The molecule has 6 rings (SSSR count). The van der Waals surface area contributed by atoms with Crippen LogP contribution in [0.15, 0.2) is 18.2 Å². The first-order valence-electron chi connectivity index (χ1n) is 16.3. The smallest absolute Gasteiger partial charge is 0.408 e. The molecule has 0 unspecified atom stereocenters. The van der Waals surface area contributed by atoms with Crippen molar-refractivity contribution in [2.75, 3.05) is 13.7 Å². The van der Waals surface area contributed by atoms with E-state index in [-0.39, 0.29) is 30.3 Å². The van der Waals surface area contributed by atoms with Crippen LogP contribution in [0.1, 0.15) is 85.3 Å². The van der Waals surface area contributed by atoms with E-state index in [0.717, 1.165) is 0 Å². The van der Waals surface area contributed by atoms with Crippen molar-refractivity contribution in [3.05, 3.63) is 23.9 Å². The summed E-state index contributed by atoms with van der Waals surface area (Å²) in [7, 11) is 1.50. The summed E-state index contributed by atoms with van der Waals surface area (Å²) in [5.74, 6) is -4.12. The standard InChI is InChI=1S/C34H44F2N4O6/c1-7-21-24(18-41)40-17-25(21)45-28-26(37-22-11-10-20(44-6)15-23(22)38-28)34(35,36)33(13-14-33)12-8-9-19-16-32(19,5)46-30(43)39-27(29(40)42)31(2,3)4/h10-11,15,18-19,21,24-25,27H,7-9,12-14,16-17H2,1-6H3,(H,39,43)/t19-,21+,24-,25+,27-,32-/m1/s1. The minimum atomic E-state index is -3.35. The van der Waals surface area contributed by atoms with Gasteiger partial charge in [-0.15, -0.1) is 0 Å². The molecule has 1 aromatic carbocycles. The molecule has 2 aromatic rings. The number of benzene rings is 1. The molecule has 1 spiro atoms. The number of carbonyl (C=O) groups is 3. The number of hydrogen-bond donors (Lipinski definition) is 1. The number of carbonyl (C=O) groups excluding carboxylic acids is 3. The molecule has 1 N–H and O–H groups in total. The number of amides is 2. The number of alkyl halides is 2. The molecular weight excluding hydrogens is 598 g/mol. The van der Waals surface area contributed by atoms with Crippen molar-refractivity contribution >= 4 is 29.3 Å². The van der Waals surface area contributed by atoms with Gasteiger partial charge in [-0.2, -0.15) is 8.78 Å². The summed E-state index contributed by atoms with van der Waals surface area (Å²) in [6, 6.07) is 2.96. The highest BCUT2D eigenvalue weighted by Gasteiger charge is 2.65. The molecule has 1 aromatic heterocycles. The lowest BCUT2D eigenvalue weighted by molar-refractivity contribution is -0.139. The van der Waals surface area contributed by atoms with Gasteiger partial charge in [-0.25, -0.2) is 14.8 Å². The Hall–Kier alpha value is -3.57. The van der Waals surface area contributed by atoms with Gasteiger partial charge in [0.15, 0.2) is 5.69 Å². The van der Waals surface area contributed by atoms with Crippen LogP contribution in [-0.2, 0) is 20.2 Å². The van der Waals surface area contributed by atoms with Gasteiger partial charge in [-0.05, 0) is 63.0 Å². The molecule has 46 heavy (non-hydrogen) atoms. The third kappa shape index (κ3) is 5.55. The highest BCUT2D eigenvalue weighted by Crippen LogP contribution is 2.65. The molecule has 1 saturated heterocycles. The number of aromatic nitrogens is 2. The van der Waals surface area contributed by atoms with Crippen molar-refractivity contribution < 1.29 is 37.4 Å². The van der Waals surface area contributed by atoms with E-state index in [0.29, 0.717) is 56.1 Å². The van der Waals surface area contributed by atoms with E-state index in [1.807, 2.05) is 34.6 Å². The Morgan fingerprint density at radius 2 is 1.89 bits per heavy atom. The molecule has 2 aliphatic heterocycles. The van der Waals surface area contributed by atoms with Gasteiger partial charge in [-0.1, -0.05) is 34.1 Å². The van der Waals surface area contributed by atoms with Crippen LogP contribution in [0.5, 0.6) is 11.6 Å². The van der Waals surface area contributed by atoms with Gasteiger partial charge in [0.2, 0.25) is 11.8 Å². The Morgan fingerprint density at radius 3 is 2.52 bits per heavy atom. The Morgan fingerprint density at radius 1 is 1.15 bits per heavy atom.